The first-order valence-electron chi connectivity index (χ1n) is 2.92. The number of hydrogen-bond acceptors (Lipinski definition) is 2. The molecule has 52 valence electrons. The van der Waals surface area contributed by atoms with Crippen LogP contribution < -0.4 is 5.73 Å². The van der Waals surface area contributed by atoms with Gasteiger partial charge in [-0.1, -0.05) is 12.2 Å². The molecule has 1 aromatic heterocycles. The van der Waals surface area contributed by atoms with Gasteiger partial charge in [-0.2, -0.15) is 0 Å². The number of pyridine rings is 1. The molecule has 0 aliphatic carbocycles. The van der Waals surface area contributed by atoms with Gasteiger partial charge < -0.3 is 5.73 Å². The molecule has 0 aliphatic heterocycles. The summed E-state index contributed by atoms with van der Waals surface area (Å²) in [5.74, 6) is 0. The average molecular weight is 152 g/mol. The van der Waals surface area contributed by atoms with Crippen molar-refractivity contribution in [1.82, 2.24) is 4.98 Å². The Morgan fingerprint density at radius 2 is 2.30 bits per heavy atom. The first-order chi connectivity index (χ1) is 4.70. The van der Waals surface area contributed by atoms with Crippen molar-refractivity contribution >= 4 is 17.2 Å². The third kappa shape index (κ3) is 1.51. The van der Waals surface area contributed by atoms with Crippen molar-refractivity contribution < 1.29 is 0 Å². The highest BCUT2D eigenvalue weighted by Crippen LogP contribution is 1.97. The van der Waals surface area contributed by atoms with Crippen molar-refractivity contribution in [3.63, 3.8) is 0 Å². The second-order valence-electron chi connectivity index (χ2n) is 2.05. The van der Waals surface area contributed by atoms with Gasteiger partial charge in [0.1, 0.15) is 4.99 Å². The Kier molecular flexibility index (Phi) is 1.97. The molecule has 0 unspecified atom stereocenters. The van der Waals surface area contributed by atoms with Gasteiger partial charge in [-0.25, -0.2) is 0 Å². The van der Waals surface area contributed by atoms with Gasteiger partial charge >= 0.3 is 0 Å². The number of thiocarbonyl (C=S) groups is 1. The molecule has 0 amide bonds. The van der Waals surface area contributed by atoms with Gasteiger partial charge in [-0.3, -0.25) is 4.98 Å². The van der Waals surface area contributed by atoms with E-state index in [4.69, 9.17) is 18.0 Å². The largest absolute Gasteiger partial charge is 0.389 e. The van der Waals surface area contributed by atoms with Crippen molar-refractivity contribution in [3.8, 4) is 0 Å². The second-order valence-corrected chi connectivity index (χ2v) is 2.49. The van der Waals surface area contributed by atoms with Crippen LogP contribution in [0.25, 0.3) is 0 Å². The minimum absolute atomic E-state index is 0.396. The van der Waals surface area contributed by atoms with Crippen LogP contribution in [0.15, 0.2) is 18.3 Å². The maximum atomic E-state index is 5.36. The summed E-state index contributed by atoms with van der Waals surface area (Å²) in [4.78, 5) is 4.43. The Balaban J connectivity index is 3.00. The molecule has 0 aromatic carbocycles. The normalized spacial score (nSPS) is 9.30. The number of nitrogens with two attached hydrogens (primary N) is 1. The standard InChI is InChI=1S/C7H8N2S/c1-5-2-3-6(4-9-5)7(8)10/h2-4H,1H3,(H2,8,10). The zero-order chi connectivity index (χ0) is 7.56. The molecule has 0 bridgehead atoms. The molecule has 3 heteroatoms. The molecule has 10 heavy (non-hydrogen) atoms. The predicted octanol–water partition coefficient (Wildman–Crippen LogP) is 1.02. The summed E-state index contributed by atoms with van der Waals surface area (Å²) in [7, 11) is 0. The Hall–Kier alpha value is -0.960. The molecule has 0 fully saturated rings. The number of aromatic nitrogens is 1. The Bertz CT molecular complexity index is 240. The smallest absolute Gasteiger partial charge is 0.105 e. The van der Waals surface area contributed by atoms with Crippen LogP contribution in [0.5, 0.6) is 0 Å². The van der Waals surface area contributed by atoms with E-state index in [1.807, 2.05) is 19.1 Å². The molecule has 0 saturated carbocycles. The molecule has 1 heterocycles. The highest BCUT2D eigenvalue weighted by atomic mass is 32.1. The second kappa shape index (κ2) is 2.75. The highest BCUT2D eigenvalue weighted by molar-refractivity contribution is 7.80. The fourth-order valence-corrected chi connectivity index (χ4v) is 0.734. The lowest BCUT2D eigenvalue weighted by atomic mass is 10.2. The van der Waals surface area contributed by atoms with Crippen molar-refractivity contribution in [1.29, 1.82) is 0 Å². The lowest BCUT2D eigenvalue weighted by molar-refractivity contribution is 1.19. The molecule has 0 radical (unpaired) electrons. The summed E-state index contributed by atoms with van der Waals surface area (Å²) >= 11 is 4.74. The van der Waals surface area contributed by atoms with Crippen LogP contribution in [0.3, 0.4) is 0 Å². The summed E-state index contributed by atoms with van der Waals surface area (Å²) in [5.41, 5.74) is 7.15. The summed E-state index contributed by atoms with van der Waals surface area (Å²) in [6, 6.07) is 3.75. The Morgan fingerprint density at radius 3 is 2.70 bits per heavy atom. The van der Waals surface area contributed by atoms with Crippen LogP contribution in [-0.4, -0.2) is 9.97 Å². The quantitative estimate of drug-likeness (QED) is 0.611. The van der Waals surface area contributed by atoms with Crippen LogP contribution in [0.4, 0.5) is 0 Å². The number of rotatable bonds is 1. The molecular formula is C7H8N2S. The number of hydrogen-bond donors (Lipinski definition) is 1. The SMILES string of the molecule is Cc1ccc(C(N)=S)cn1. The van der Waals surface area contributed by atoms with E-state index in [0.717, 1.165) is 11.3 Å². The van der Waals surface area contributed by atoms with Crippen LogP contribution >= 0.6 is 12.2 Å². The van der Waals surface area contributed by atoms with Gasteiger partial charge in [-0.05, 0) is 19.1 Å². The molecule has 1 aromatic rings. The zero-order valence-electron chi connectivity index (χ0n) is 5.66. The van der Waals surface area contributed by atoms with Crippen molar-refractivity contribution in [2.75, 3.05) is 0 Å². The zero-order valence-corrected chi connectivity index (χ0v) is 6.48. The monoisotopic (exact) mass is 152 g/mol. The highest BCUT2D eigenvalue weighted by Gasteiger charge is 1.93. The average Bonchev–Trinajstić information content (AvgIpc) is 1.88. The molecule has 1 rings (SSSR count). The third-order valence-electron chi connectivity index (χ3n) is 1.20. The predicted molar refractivity (Wildman–Crippen MR) is 44.9 cm³/mol. The molecular weight excluding hydrogens is 144 g/mol. The summed E-state index contributed by atoms with van der Waals surface area (Å²) < 4.78 is 0. The number of nitrogens with zero attached hydrogens (tertiary/aromatic N) is 1. The number of aryl methyl sites for hydroxylation is 1. The maximum absolute atomic E-state index is 5.36. The van der Waals surface area contributed by atoms with Gasteiger partial charge in [0.25, 0.3) is 0 Å². The van der Waals surface area contributed by atoms with E-state index in [1.165, 1.54) is 0 Å². The van der Waals surface area contributed by atoms with Crippen LogP contribution in [-0.2, 0) is 0 Å². The fraction of sp³-hybridized carbons (Fsp3) is 0.143. The van der Waals surface area contributed by atoms with Crippen LogP contribution in [0, 0.1) is 6.92 Å². The molecule has 2 nitrogen and oxygen atoms in total. The van der Waals surface area contributed by atoms with E-state index in [9.17, 15) is 0 Å². The summed E-state index contributed by atoms with van der Waals surface area (Å²) in [6.07, 6.45) is 1.68. The van der Waals surface area contributed by atoms with Crippen molar-refractivity contribution in [2.24, 2.45) is 5.73 Å². The van der Waals surface area contributed by atoms with Gasteiger partial charge in [0, 0.05) is 17.5 Å². The maximum Gasteiger partial charge on any atom is 0.105 e. The van der Waals surface area contributed by atoms with Crippen molar-refractivity contribution in [2.45, 2.75) is 6.92 Å². The Labute approximate surface area is 65.1 Å². The molecule has 0 atom stereocenters. The first kappa shape index (κ1) is 7.15. The van der Waals surface area contributed by atoms with Gasteiger partial charge in [0.05, 0.1) is 0 Å². The minimum Gasteiger partial charge on any atom is -0.389 e. The van der Waals surface area contributed by atoms with E-state index < -0.39 is 0 Å². The van der Waals surface area contributed by atoms with E-state index in [-0.39, 0.29) is 0 Å². The molecule has 0 aliphatic rings. The lowest BCUT2D eigenvalue weighted by Crippen LogP contribution is -2.09. The van der Waals surface area contributed by atoms with Gasteiger partial charge in [-0.15, -0.1) is 0 Å². The minimum atomic E-state index is 0.396. The van der Waals surface area contributed by atoms with E-state index in [0.29, 0.717) is 4.99 Å². The fourth-order valence-electron chi connectivity index (χ4n) is 0.614. The lowest BCUT2D eigenvalue weighted by Gasteiger charge is -1.95. The van der Waals surface area contributed by atoms with Gasteiger partial charge in [0.2, 0.25) is 0 Å². The summed E-state index contributed by atoms with van der Waals surface area (Å²) in [5, 5.41) is 0. The van der Waals surface area contributed by atoms with Crippen LogP contribution in [0.2, 0.25) is 0 Å². The summed E-state index contributed by atoms with van der Waals surface area (Å²) in [6.45, 7) is 1.92. The topological polar surface area (TPSA) is 38.9 Å². The van der Waals surface area contributed by atoms with Crippen LogP contribution in [0.1, 0.15) is 11.3 Å². The van der Waals surface area contributed by atoms with E-state index >= 15 is 0 Å². The van der Waals surface area contributed by atoms with E-state index in [1.54, 1.807) is 6.20 Å². The molecule has 0 saturated heterocycles. The molecule has 0 spiro atoms. The third-order valence-corrected chi connectivity index (χ3v) is 1.43. The first-order valence-corrected chi connectivity index (χ1v) is 3.33. The molecule has 2 N–H and O–H groups in total. The van der Waals surface area contributed by atoms with E-state index in [2.05, 4.69) is 4.98 Å². The Morgan fingerprint density at radius 1 is 1.60 bits per heavy atom. The van der Waals surface area contributed by atoms with Gasteiger partial charge in [0.15, 0.2) is 0 Å². The van der Waals surface area contributed by atoms with Crippen molar-refractivity contribution in [3.05, 3.63) is 29.6 Å².